The van der Waals surface area contributed by atoms with E-state index in [4.69, 9.17) is 25.8 Å². The molecule has 1 N–H and O–H groups in total. The molecule has 1 atom stereocenters. The molecule has 2 amide bonds. The summed E-state index contributed by atoms with van der Waals surface area (Å²) in [7, 11) is 3.02. The van der Waals surface area contributed by atoms with E-state index < -0.39 is 17.7 Å². The maximum absolute atomic E-state index is 13.5. The van der Waals surface area contributed by atoms with Crippen LogP contribution in [0, 0.1) is 0 Å². The lowest BCUT2D eigenvalue weighted by Crippen LogP contribution is -2.49. The van der Waals surface area contributed by atoms with Crippen LogP contribution < -0.4 is 14.8 Å². The van der Waals surface area contributed by atoms with Crippen molar-refractivity contribution in [2.45, 2.75) is 51.9 Å². The molecule has 0 aliphatic carbocycles. The number of rotatable bonds is 6. The van der Waals surface area contributed by atoms with E-state index in [0.29, 0.717) is 35.2 Å². The first-order valence-corrected chi connectivity index (χ1v) is 10.7. The Hall–Kier alpha value is -2.93. The van der Waals surface area contributed by atoms with Crippen LogP contribution in [0.1, 0.15) is 37.5 Å². The quantitative estimate of drug-likeness (QED) is 0.694. The van der Waals surface area contributed by atoms with E-state index in [1.54, 1.807) is 37.8 Å². The first-order valence-electron chi connectivity index (χ1n) is 10.4. The molecule has 8 heteroatoms. The molecule has 2 aromatic carbocycles. The van der Waals surface area contributed by atoms with Gasteiger partial charge in [0.2, 0.25) is 5.91 Å². The van der Waals surface area contributed by atoms with E-state index in [1.807, 2.05) is 24.3 Å². The average molecular weight is 461 g/mol. The van der Waals surface area contributed by atoms with E-state index in [0.717, 1.165) is 11.1 Å². The zero-order valence-corrected chi connectivity index (χ0v) is 19.8. The van der Waals surface area contributed by atoms with Gasteiger partial charge in [0.05, 0.1) is 19.2 Å². The van der Waals surface area contributed by atoms with Gasteiger partial charge in [-0.25, -0.2) is 4.79 Å². The number of fused-ring (bicyclic) bond motifs is 1. The highest BCUT2D eigenvalue weighted by Gasteiger charge is 2.32. The number of halogens is 1. The summed E-state index contributed by atoms with van der Waals surface area (Å²) in [5, 5.41) is 3.07. The number of carbonyl (C=O) groups is 2. The Morgan fingerprint density at radius 1 is 1.06 bits per heavy atom. The highest BCUT2D eigenvalue weighted by atomic mass is 35.5. The minimum atomic E-state index is -0.866. The van der Waals surface area contributed by atoms with Crippen LogP contribution in [-0.2, 0) is 29.0 Å². The summed E-state index contributed by atoms with van der Waals surface area (Å²) >= 11 is 6.54. The van der Waals surface area contributed by atoms with Crippen molar-refractivity contribution in [2.75, 3.05) is 14.2 Å². The maximum Gasteiger partial charge on any atom is 0.408 e. The van der Waals surface area contributed by atoms with Crippen molar-refractivity contribution in [3.05, 3.63) is 58.1 Å². The van der Waals surface area contributed by atoms with E-state index in [2.05, 4.69) is 5.32 Å². The second kappa shape index (κ2) is 9.69. The largest absolute Gasteiger partial charge is 0.493 e. The van der Waals surface area contributed by atoms with Crippen LogP contribution >= 0.6 is 11.6 Å². The van der Waals surface area contributed by atoms with Gasteiger partial charge in [0.1, 0.15) is 11.6 Å². The molecule has 172 valence electrons. The van der Waals surface area contributed by atoms with Gasteiger partial charge < -0.3 is 24.4 Å². The standard InChI is InChI=1S/C24H29ClN2O5/c1-24(2,3)32-23(29)26-18(12-15-10-11-19(30-4)21(31-5)20(15)25)22(28)27-13-16-8-6-7-9-17(16)14-27/h6-11,18H,12-14H2,1-5H3,(H,26,29). The van der Waals surface area contributed by atoms with Gasteiger partial charge in [-0.15, -0.1) is 0 Å². The van der Waals surface area contributed by atoms with Gasteiger partial charge in [-0.1, -0.05) is 41.9 Å². The second-order valence-corrected chi connectivity index (χ2v) is 9.02. The molecule has 1 unspecified atom stereocenters. The molecule has 0 saturated heterocycles. The summed E-state index contributed by atoms with van der Waals surface area (Å²) in [6, 6.07) is 10.5. The molecule has 0 fully saturated rings. The number of alkyl carbamates (subject to hydrolysis) is 1. The van der Waals surface area contributed by atoms with E-state index in [9.17, 15) is 9.59 Å². The van der Waals surface area contributed by atoms with Crippen molar-refractivity contribution >= 4 is 23.6 Å². The topological polar surface area (TPSA) is 77.1 Å². The molecule has 32 heavy (non-hydrogen) atoms. The fourth-order valence-corrected chi connectivity index (χ4v) is 3.98. The number of benzene rings is 2. The van der Waals surface area contributed by atoms with Gasteiger partial charge in [0.15, 0.2) is 11.5 Å². The molecule has 0 radical (unpaired) electrons. The molecular formula is C24H29ClN2O5. The summed E-state index contributed by atoms with van der Waals surface area (Å²) in [5.41, 5.74) is 2.15. The summed E-state index contributed by atoms with van der Waals surface area (Å²) in [6.07, 6.45) is -0.492. The van der Waals surface area contributed by atoms with Crippen LogP contribution in [0.25, 0.3) is 0 Å². The van der Waals surface area contributed by atoms with Gasteiger partial charge in [-0.05, 0) is 43.5 Å². The summed E-state index contributed by atoms with van der Waals surface area (Å²) in [5.74, 6) is 0.654. The number of hydrogen-bond acceptors (Lipinski definition) is 5. The van der Waals surface area contributed by atoms with E-state index >= 15 is 0 Å². The van der Waals surface area contributed by atoms with Crippen LogP contribution in [0.5, 0.6) is 11.5 Å². The Morgan fingerprint density at radius 3 is 2.22 bits per heavy atom. The molecule has 0 saturated carbocycles. The van der Waals surface area contributed by atoms with Gasteiger partial charge >= 0.3 is 6.09 Å². The third kappa shape index (κ3) is 5.46. The fourth-order valence-electron chi connectivity index (χ4n) is 3.67. The van der Waals surface area contributed by atoms with Crippen molar-refractivity contribution in [2.24, 2.45) is 0 Å². The number of nitrogens with zero attached hydrogens (tertiary/aromatic N) is 1. The van der Waals surface area contributed by atoms with Crippen LogP contribution in [0.3, 0.4) is 0 Å². The molecule has 7 nitrogen and oxygen atoms in total. The predicted molar refractivity (Wildman–Crippen MR) is 122 cm³/mol. The van der Waals surface area contributed by atoms with Gasteiger partial charge in [0.25, 0.3) is 0 Å². The van der Waals surface area contributed by atoms with Gasteiger partial charge in [0, 0.05) is 19.5 Å². The minimum absolute atomic E-state index is 0.171. The molecule has 3 rings (SSSR count). The lowest BCUT2D eigenvalue weighted by Gasteiger charge is -2.27. The molecular weight excluding hydrogens is 432 g/mol. The number of carbonyl (C=O) groups excluding carboxylic acids is 2. The van der Waals surface area contributed by atoms with Crippen LogP contribution in [-0.4, -0.2) is 42.8 Å². The number of methoxy groups -OCH3 is 2. The molecule has 1 aliphatic rings. The van der Waals surface area contributed by atoms with Crippen LogP contribution in [0.2, 0.25) is 5.02 Å². The third-order valence-electron chi connectivity index (χ3n) is 5.13. The predicted octanol–water partition coefficient (Wildman–Crippen LogP) is 4.34. The molecule has 0 spiro atoms. The van der Waals surface area contributed by atoms with Crippen molar-refractivity contribution in [3.63, 3.8) is 0 Å². The lowest BCUT2D eigenvalue weighted by atomic mass is 10.0. The zero-order valence-electron chi connectivity index (χ0n) is 19.0. The molecule has 1 aliphatic heterocycles. The highest BCUT2D eigenvalue weighted by molar-refractivity contribution is 6.33. The smallest absolute Gasteiger partial charge is 0.408 e. The van der Waals surface area contributed by atoms with E-state index in [1.165, 1.54) is 14.2 Å². The number of amides is 2. The number of ether oxygens (including phenoxy) is 3. The van der Waals surface area contributed by atoms with Crippen LogP contribution in [0.15, 0.2) is 36.4 Å². The first kappa shape index (κ1) is 23.7. The Bertz CT molecular complexity index is 977. The normalized spacial score (nSPS) is 13.9. The molecule has 0 aromatic heterocycles. The second-order valence-electron chi connectivity index (χ2n) is 8.64. The molecule has 1 heterocycles. The minimum Gasteiger partial charge on any atom is -0.493 e. The summed E-state index contributed by atoms with van der Waals surface area (Å²) in [6.45, 7) is 6.28. The Labute approximate surface area is 193 Å². The Balaban J connectivity index is 1.86. The van der Waals surface area contributed by atoms with Crippen molar-refractivity contribution < 1.29 is 23.8 Å². The average Bonchev–Trinajstić information content (AvgIpc) is 3.16. The van der Waals surface area contributed by atoms with Crippen molar-refractivity contribution in [3.8, 4) is 11.5 Å². The van der Waals surface area contributed by atoms with E-state index in [-0.39, 0.29) is 12.3 Å². The first-order chi connectivity index (χ1) is 15.1. The zero-order chi connectivity index (χ0) is 23.5. The molecule has 0 bridgehead atoms. The van der Waals surface area contributed by atoms with Gasteiger partial charge in [-0.3, -0.25) is 4.79 Å². The number of hydrogen-bond donors (Lipinski definition) is 1. The van der Waals surface area contributed by atoms with Crippen molar-refractivity contribution in [1.29, 1.82) is 0 Å². The lowest BCUT2D eigenvalue weighted by molar-refractivity contribution is -0.134. The maximum atomic E-state index is 13.5. The Kier molecular flexibility index (Phi) is 7.19. The number of nitrogens with one attached hydrogen (secondary N) is 1. The molecule has 2 aromatic rings. The SMILES string of the molecule is COc1ccc(CC(NC(=O)OC(C)(C)C)C(=O)N2Cc3ccccc3C2)c(Cl)c1OC. The van der Waals surface area contributed by atoms with Gasteiger partial charge in [-0.2, -0.15) is 0 Å². The fraction of sp³-hybridized carbons (Fsp3) is 0.417. The Morgan fingerprint density at radius 2 is 1.69 bits per heavy atom. The van der Waals surface area contributed by atoms with Crippen molar-refractivity contribution in [1.82, 2.24) is 10.2 Å². The summed E-state index contributed by atoms with van der Waals surface area (Å²) < 4.78 is 16.1. The third-order valence-corrected chi connectivity index (χ3v) is 5.54. The van der Waals surface area contributed by atoms with Crippen LogP contribution in [0.4, 0.5) is 4.79 Å². The highest BCUT2D eigenvalue weighted by Crippen LogP contribution is 2.38. The summed E-state index contributed by atoms with van der Waals surface area (Å²) in [4.78, 5) is 27.7. The monoisotopic (exact) mass is 460 g/mol.